The van der Waals surface area contributed by atoms with Crippen LogP contribution in [0.2, 0.25) is 0 Å². The number of amides is 1. The maximum atomic E-state index is 10.7. The van der Waals surface area contributed by atoms with Crippen molar-refractivity contribution >= 4 is 17.5 Å². The van der Waals surface area contributed by atoms with Gasteiger partial charge in [-0.1, -0.05) is 38.9 Å². The van der Waals surface area contributed by atoms with E-state index in [4.69, 9.17) is 19.0 Å². The van der Waals surface area contributed by atoms with E-state index in [1.807, 2.05) is 40.9 Å². The normalized spacial score (nSPS) is 25.6. The predicted molar refractivity (Wildman–Crippen MR) is 206 cm³/mol. The largest absolute Gasteiger partial charge is 0.495 e. The molecule has 49 heavy (non-hydrogen) atoms. The van der Waals surface area contributed by atoms with E-state index in [-0.39, 0.29) is 28.5 Å². The molecule has 284 valence electrons. The van der Waals surface area contributed by atoms with E-state index >= 15 is 0 Å². The van der Waals surface area contributed by atoms with Crippen LogP contribution in [0.25, 0.3) is 0 Å². The standard InChI is InChI=1S/C7H13N.C7H15N.2C7H12O.C6H11NO2.C6H11NO/c1-6-4-7(2,3)5-8-6;1-7(2)4-5-8(3)6-7;2*1-6-4-7(2,3)8-5-6;1-6(2)4-7(3)5(8)9-6;1-5-4-6(2,3)8-7-5/h4-5H2,1-3H3;4-6H2,1-3H3;5H,4H2,1-3H3;4H,5H2,1-3H3;4H2,1-3H3;4H2,1-3H3. The highest BCUT2D eigenvalue weighted by Crippen LogP contribution is 2.28. The highest BCUT2D eigenvalue weighted by Gasteiger charge is 2.35. The Morgan fingerprint density at radius 3 is 1.45 bits per heavy atom. The molecule has 0 N–H and O–H groups in total. The highest BCUT2D eigenvalue weighted by molar-refractivity contribution is 5.84. The first-order valence-corrected chi connectivity index (χ1v) is 18.0. The summed E-state index contributed by atoms with van der Waals surface area (Å²) in [6.07, 6.45) is 8.38. The molecule has 6 heterocycles. The minimum absolute atomic E-state index is 0.00405. The van der Waals surface area contributed by atoms with Crippen LogP contribution in [-0.2, 0) is 19.0 Å². The number of oxime groups is 1. The Hall–Kier alpha value is -2.39. The minimum Gasteiger partial charge on any atom is -0.495 e. The average Bonchev–Trinajstić information content (AvgIpc) is 3.72. The van der Waals surface area contributed by atoms with Crippen molar-refractivity contribution in [3.8, 4) is 0 Å². The molecule has 6 aliphatic heterocycles. The number of likely N-dealkylation sites (tertiary alicyclic amines) is 1. The van der Waals surface area contributed by atoms with Gasteiger partial charge in [-0.2, -0.15) is 0 Å². The molecule has 2 fully saturated rings. The summed E-state index contributed by atoms with van der Waals surface area (Å²) in [5.41, 5.74) is 5.90. The third-order valence-electron chi connectivity index (χ3n) is 8.35. The van der Waals surface area contributed by atoms with Gasteiger partial charge in [0.25, 0.3) is 0 Å². The molecule has 0 radical (unpaired) electrons. The van der Waals surface area contributed by atoms with E-state index in [2.05, 4.69) is 104 Å². The number of rotatable bonds is 0. The summed E-state index contributed by atoms with van der Waals surface area (Å²) < 4.78 is 15.6. The van der Waals surface area contributed by atoms with Crippen molar-refractivity contribution in [1.29, 1.82) is 0 Å². The van der Waals surface area contributed by atoms with Crippen molar-refractivity contribution in [2.75, 3.05) is 46.9 Å². The number of aliphatic imine (C=N–C) groups is 1. The number of carbonyl (C=O) groups excluding carboxylic acids is 1. The molecule has 0 aromatic carbocycles. The number of hydrogen-bond donors (Lipinski definition) is 0. The zero-order chi connectivity index (χ0) is 38.1. The van der Waals surface area contributed by atoms with Crippen LogP contribution >= 0.6 is 0 Å². The van der Waals surface area contributed by atoms with Gasteiger partial charge < -0.3 is 28.8 Å². The summed E-state index contributed by atoms with van der Waals surface area (Å²) >= 11 is 0. The first-order valence-electron chi connectivity index (χ1n) is 18.0. The van der Waals surface area contributed by atoms with Crippen molar-refractivity contribution in [2.45, 2.75) is 159 Å². The molecule has 9 heteroatoms. The summed E-state index contributed by atoms with van der Waals surface area (Å²) in [7, 11) is 3.92. The van der Waals surface area contributed by atoms with Crippen LogP contribution in [0.5, 0.6) is 0 Å². The maximum absolute atomic E-state index is 10.7. The third kappa shape index (κ3) is 19.6. The molecule has 6 aliphatic rings. The van der Waals surface area contributed by atoms with E-state index in [0.717, 1.165) is 31.7 Å². The third-order valence-corrected chi connectivity index (χ3v) is 8.35. The smallest absolute Gasteiger partial charge is 0.410 e. The molecule has 0 bridgehead atoms. The highest BCUT2D eigenvalue weighted by atomic mass is 16.7. The second kappa shape index (κ2) is 17.7. The lowest BCUT2D eigenvalue weighted by Crippen LogP contribution is -2.25. The van der Waals surface area contributed by atoms with Gasteiger partial charge in [-0.15, -0.1) is 0 Å². The Bertz CT molecular complexity index is 1130. The van der Waals surface area contributed by atoms with Gasteiger partial charge in [0.05, 0.1) is 30.7 Å². The molecule has 6 rings (SSSR count). The second-order valence-electron chi connectivity index (χ2n) is 18.8. The molecule has 0 aromatic rings. The van der Waals surface area contributed by atoms with Crippen LogP contribution < -0.4 is 0 Å². The lowest BCUT2D eigenvalue weighted by molar-refractivity contribution is 0.0123. The number of hydrogen-bond acceptors (Lipinski definition) is 8. The van der Waals surface area contributed by atoms with E-state index in [1.165, 1.54) is 42.8 Å². The fourth-order valence-corrected chi connectivity index (χ4v) is 6.39. The van der Waals surface area contributed by atoms with Crippen LogP contribution in [0, 0.1) is 10.8 Å². The molecule has 1 amide bonds. The van der Waals surface area contributed by atoms with Gasteiger partial charge in [0, 0.05) is 38.7 Å². The van der Waals surface area contributed by atoms with Gasteiger partial charge in [-0.05, 0) is 131 Å². The van der Waals surface area contributed by atoms with Crippen molar-refractivity contribution in [3.63, 3.8) is 0 Å². The first-order chi connectivity index (χ1) is 22.0. The van der Waals surface area contributed by atoms with E-state index < -0.39 is 0 Å². The Morgan fingerprint density at radius 2 is 1.33 bits per heavy atom. The lowest BCUT2D eigenvalue weighted by Gasteiger charge is -2.16. The van der Waals surface area contributed by atoms with Gasteiger partial charge >= 0.3 is 6.09 Å². The molecule has 0 saturated carbocycles. The van der Waals surface area contributed by atoms with Gasteiger partial charge in [0.15, 0.2) is 0 Å². The number of nitrogens with zero attached hydrogens (tertiary/aromatic N) is 4. The van der Waals surface area contributed by atoms with E-state index in [9.17, 15) is 4.79 Å². The van der Waals surface area contributed by atoms with Crippen LogP contribution in [0.1, 0.15) is 136 Å². The summed E-state index contributed by atoms with van der Waals surface area (Å²) in [5.74, 6) is 0. The summed E-state index contributed by atoms with van der Waals surface area (Å²) in [6.45, 7) is 38.7. The second-order valence-corrected chi connectivity index (χ2v) is 18.8. The SMILES string of the molecule is CC1=CC(C)(C)OC1.CC1=COC(C)(C)C1.CC1=NCC(C)(C)C1.CC1=NOC(C)(C)C1.CN1CC(C)(C)OC1=O.CN1CCC(C)(C)C1. The molecule has 9 nitrogen and oxygen atoms in total. The van der Waals surface area contributed by atoms with E-state index in [0.29, 0.717) is 17.4 Å². The van der Waals surface area contributed by atoms with Gasteiger partial charge in [-0.25, -0.2) is 4.79 Å². The van der Waals surface area contributed by atoms with Gasteiger partial charge in [0.1, 0.15) is 16.8 Å². The van der Waals surface area contributed by atoms with E-state index in [1.54, 1.807) is 11.9 Å². The Balaban J connectivity index is 0.000000294. The molecular weight excluding hydrogens is 616 g/mol. The Labute approximate surface area is 300 Å². The molecule has 0 atom stereocenters. The molecular formula is C40H74N4O5. The van der Waals surface area contributed by atoms with Crippen molar-refractivity contribution in [1.82, 2.24) is 9.80 Å². The quantitative estimate of drug-likeness (QED) is 0.236. The fraction of sp³-hybridized carbons (Fsp3) is 0.825. The molecule has 0 spiro atoms. The minimum atomic E-state index is -0.286. The summed E-state index contributed by atoms with van der Waals surface area (Å²) in [4.78, 5) is 24.0. The van der Waals surface area contributed by atoms with Crippen molar-refractivity contribution < 1.29 is 23.8 Å². The Kier molecular flexibility index (Phi) is 16.1. The van der Waals surface area contributed by atoms with Crippen LogP contribution in [0.4, 0.5) is 4.79 Å². The molecule has 0 unspecified atom stereocenters. The van der Waals surface area contributed by atoms with Crippen LogP contribution in [0.3, 0.4) is 0 Å². The zero-order valence-corrected chi connectivity index (χ0v) is 34.8. The van der Waals surface area contributed by atoms with Crippen molar-refractivity contribution in [2.24, 2.45) is 21.0 Å². The summed E-state index contributed by atoms with van der Waals surface area (Å²) in [6, 6.07) is 0. The van der Waals surface area contributed by atoms with Gasteiger partial charge in [-0.3, -0.25) is 4.99 Å². The fourth-order valence-electron chi connectivity index (χ4n) is 6.39. The number of cyclic esters (lactones) is 1. The predicted octanol–water partition coefficient (Wildman–Crippen LogP) is 9.46. The Morgan fingerprint density at radius 1 is 0.714 bits per heavy atom. The first kappa shape index (κ1) is 44.6. The topological polar surface area (TPSA) is 85.2 Å². The van der Waals surface area contributed by atoms with Crippen LogP contribution in [0.15, 0.2) is 33.6 Å². The summed E-state index contributed by atoms with van der Waals surface area (Å²) in [5, 5.41) is 3.81. The molecule has 0 aliphatic carbocycles. The van der Waals surface area contributed by atoms with Crippen molar-refractivity contribution in [3.05, 3.63) is 23.5 Å². The average molecular weight is 691 g/mol. The maximum Gasteiger partial charge on any atom is 0.410 e. The molecule has 0 aromatic heterocycles. The van der Waals surface area contributed by atoms with Crippen LogP contribution in [-0.4, -0.2) is 96.6 Å². The number of carbonyl (C=O) groups is 1. The molecule has 2 saturated heterocycles. The zero-order valence-electron chi connectivity index (χ0n) is 34.8. The monoisotopic (exact) mass is 691 g/mol. The number of likely N-dealkylation sites (N-methyl/N-ethyl adjacent to an activating group) is 1. The van der Waals surface area contributed by atoms with Gasteiger partial charge in [0.2, 0.25) is 0 Å². The lowest BCUT2D eigenvalue weighted by atomic mass is 9.91. The number of ether oxygens (including phenoxy) is 3.